The highest BCUT2D eigenvalue weighted by atomic mass is 79.9. The lowest BCUT2D eigenvalue weighted by atomic mass is 10.2. The first-order chi connectivity index (χ1) is 12.0. The van der Waals surface area contributed by atoms with Crippen LogP contribution in [-0.4, -0.2) is 38.6 Å². The van der Waals surface area contributed by atoms with Gasteiger partial charge in [-0.1, -0.05) is 40.2 Å². The second kappa shape index (κ2) is 9.44. The number of likely N-dealkylation sites (N-methyl/N-ethyl adjacent to an activating group) is 1. The summed E-state index contributed by atoms with van der Waals surface area (Å²) in [5.74, 6) is 1.30. The molecule has 0 heterocycles. The molecule has 0 fully saturated rings. The Bertz CT molecular complexity index is 722. The Morgan fingerprint density at radius 2 is 1.84 bits per heavy atom. The van der Waals surface area contributed by atoms with Gasteiger partial charge in [-0.25, -0.2) is 0 Å². The predicted molar refractivity (Wildman–Crippen MR) is 102 cm³/mol. The van der Waals surface area contributed by atoms with Crippen LogP contribution >= 0.6 is 15.9 Å². The predicted octanol–water partition coefficient (Wildman–Crippen LogP) is 3.21. The van der Waals surface area contributed by atoms with E-state index in [1.807, 2.05) is 54.4 Å². The van der Waals surface area contributed by atoms with Gasteiger partial charge in [-0.15, -0.1) is 0 Å². The van der Waals surface area contributed by atoms with E-state index in [2.05, 4.69) is 21.2 Å². The van der Waals surface area contributed by atoms with Crippen LogP contribution in [-0.2, 0) is 17.9 Å². The molecule has 0 spiro atoms. The topological polar surface area (TPSA) is 50.8 Å². The molecular formula is C19H23BrN2O3. The van der Waals surface area contributed by atoms with Crippen molar-refractivity contribution in [2.24, 2.45) is 0 Å². The van der Waals surface area contributed by atoms with Gasteiger partial charge in [-0.2, -0.15) is 0 Å². The normalized spacial score (nSPS) is 10.6. The minimum absolute atomic E-state index is 0.0238. The summed E-state index contributed by atoms with van der Waals surface area (Å²) in [5, 5.41) is 2.93. The van der Waals surface area contributed by atoms with E-state index in [0.717, 1.165) is 15.6 Å². The van der Waals surface area contributed by atoms with Gasteiger partial charge >= 0.3 is 0 Å². The molecule has 0 bridgehead atoms. The number of hydrogen-bond acceptors (Lipinski definition) is 4. The van der Waals surface area contributed by atoms with Crippen molar-refractivity contribution in [3.63, 3.8) is 0 Å². The van der Waals surface area contributed by atoms with E-state index in [0.29, 0.717) is 31.1 Å². The summed E-state index contributed by atoms with van der Waals surface area (Å²) in [7, 11) is 5.12. The van der Waals surface area contributed by atoms with Gasteiger partial charge in [0, 0.05) is 17.6 Å². The van der Waals surface area contributed by atoms with Gasteiger partial charge in [0.2, 0.25) is 5.91 Å². The van der Waals surface area contributed by atoms with Crippen LogP contribution in [0.1, 0.15) is 11.1 Å². The lowest BCUT2D eigenvalue weighted by Gasteiger charge is -2.17. The number of benzene rings is 2. The lowest BCUT2D eigenvalue weighted by molar-refractivity contribution is -0.122. The summed E-state index contributed by atoms with van der Waals surface area (Å²) < 4.78 is 11.5. The summed E-state index contributed by atoms with van der Waals surface area (Å²) in [6, 6.07) is 13.6. The van der Waals surface area contributed by atoms with Crippen LogP contribution in [0.15, 0.2) is 46.9 Å². The third kappa shape index (κ3) is 5.76. The molecule has 134 valence electrons. The molecule has 0 aliphatic heterocycles. The summed E-state index contributed by atoms with van der Waals surface area (Å²) in [6.07, 6.45) is 0. The van der Waals surface area contributed by atoms with Crippen LogP contribution in [0.25, 0.3) is 0 Å². The molecule has 0 aliphatic rings. The molecule has 0 saturated heterocycles. The van der Waals surface area contributed by atoms with E-state index in [4.69, 9.17) is 9.47 Å². The van der Waals surface area contributed by atoms with Gasteiger partial charge in [-0.05, 0) is 36.4 Å². The van der Waals surface area contributed by atoms with Gasteiger partial charge in [0.25, 0.3) is 0 Å². The number of methoxy groups -OCH3 is 2. The summed E-state index contributed by atoms with van der Waals surface area (Å²) in [5.41, 5.74) is 2.11. The zero-order valence-corrected chi connectivity index (χ0v) is 16.3. The molecule has 0 radical (unpaired) electrons. The Balaban J connectivity index is 1.85. The Hall–Kier alpha value is -2.05. The van der Waals surface area contributed by atoms with Gasteiger partial charge in [0.05, 0.1) is 20.8 Å². The van der Waals surface area contributed by atoms with Crippen LogP contribution in [0.3, 0.4) is 0 Å². The molecule has 2 aromatic carbocycles. The maximum absolute atomic E-state index is 12.2. The molecule has 25 heavy (non-hydrogen) atoms. The van der Waals surface area contributed by atoms with Crippen molar-refractivity contribution in [3.05, 3.63) is 58.1 Å². The maximum atomic E-state index is 12.2. The van der Waals surface area contributed by atoms with Crippen LogP contribution < -0.4 is 14.8 Å². The summed E-state index contributed by atoms with van der Waals surface area (Å²) in [4.78, 5) is 14.1. The lowest BCUT2D eigenvalue weighted by Crippen LogP contribution is -2.34. The van der Waals surface area contributed by atoms with Crippen molar-refractivity contribution in [1.29, 1.82) is 0 Å². The highest BCUT2D eigenvalue weighted by Gasteiger charge is 2.10. The number of carbonyl (C=O) groups excluding carboxylic acids is 1. The summed E-state index contributed by atoms with van der Waals surface area (Å²) in [6.45, 7) is 1.47. The van der Waals surface area contributed by atoms with Crippen LogP contribution in [0.5, 0.6) is 11.5 Å². The fraction of sp³-hybridized carbons (Fsp3) is 0.316. The number of nitrogens with zero attached hydrogens (tertiary/aromatic N) is 1. The van der Waals surface area contributed by atoms with Crippen LogP contribution in [0, 0.1) is 0 Å². The Labute approximate surface area is 157 Å². The SMILES string of the molecule is COc1ccc(CNC(=O)CN(C)Cc2ccccc2Br)cc1OC. The minimum Gasteiger partial charge on any atom is -0.493 e. The van der Waals surface area contributed by atoms with E-state index in [1.54, 1.807) is 14.2 Å². The molecule has 1 amide bonds. The summed E-state index contributed by atoms with van der Waals surface area (Å²) >= 11 is 3.53. The average Bonchev–Trinajstić information content (AvgIpc) is 2.61. The molecule has 0 atom stereocenters. The Morgan fingerprint density at radius 3 is 2.52 bits per heavy atom. The van der Waals surface area contributed by atoms with E-state index in [1.165, 1.54) is 0 Å². The Kier molecular flexibility index (Phi) is 7.28. The first-order valence-corrected chi connectivity index (χ1v) is 8.72. The molecule has 1 N–H and O–H groups in total. The van der Waals surface area contributed by atoms with Crippen LogP contribution in [0.2, 0.25) is 0 Å². The number of rotatable bonds is 8. The van der Waals surface area contributed by atoms with E-state index < -0.39 is 0 Å². The van der Waals surface area contributed by atoms with Crippen molar-refractivity contribution in [1.82, 2.24) is 10.2 Å². The number of nitrogens with one attached hydrogen (secondary N) is 1. The van der Waals surface area contributed by atoms with E-state index in [9.17, 15) is 4.79 Å². The molecule has 2 aromatic rings. The molecule has 6 heteroatoms. The standard InChI is InChI=1S/C19H23BrN2O3/c1-22(12-15-6-4-5-7-16(15)20)13-19(23)21-11-14-8-9-17(24-2)18(10-14)25-3/h4-10H,11-13H2,1-3H3,(H,21,23). The largest absolute Gasteiger partial charge is 0.493 e. The molecule has 2 rings (SSSR count). The highest BCUT2D eigenvalue weighted by Crippen LogP contribution is 2.27. The maximum Gasteiger partial charge on any atom is 0.234 e. The molecule has 0 saturated carbocycles. The second-order valence-corrected chi connectivity index (χ2v) is 6.58. The van der Waals surface area contributed by atoms with Crippen LogP contribution in [0.4, 0.5) is 0 Å². The minimum atomic E-state index is -0.0238. The van der Waals surface area contributed by atoms with Gasteiger partial charge in [-0.3, -0.25) is 9.69 Å². The van der Waals surface area contributed by atoms with Crippen molar-refractivity contribution < 1.29 is 14.3 Å². The third-order valence-electron chi connectivity index (χ3n) is 3.75. The first-order valence-electron chi connectivity index (χ1n) is 7.93. The third-order valence-corrected chi connectivity index (χ3v) is 4.52. The first kappa shape index (κ1) is 19.3. The monoisotopic (exact) mass is 406 g/mol. The van der Waals surface area contributed by atoms with Gasteiger partial charge in [0.15, 0.2) is 11.5 Å². The fourth-order valence-electron chi connectivity index (χ4n) is 2.47. The second-order valence-electron chi connectivity index (χ2n) is 5.73. The number of carbonyl (C=O) groups is 1. The molecular weight excluding hydrogens is 384 g/mol. The van der Waals surface area contributed by atoms with Gasteiger partial charge in [0.1, 0.15) is 0 Å². The number of hydrogen-bond donors (Lipinski definition) is 1. The van der Waals surface area contributed by atoms with Gasteiger partial charge < -0.3 is 14.8 Å². The zero-order chi connectivity index (χ0) is 18.2. The van der Waals surface area contributed by atoms with E-state index >= 15 is 0 Å². The fourth-order valence-corrected chi connectivity index (χ4v) is 2.88. The average molecular weight is 407 g/mol. The molecule has 5 nitrogen and oxygen atoms in total. The molecule has 0 aliphatic carbocycles. The number of amides is 1. The highest BCUT2D eigenvalue weighted by molar-refractivity contribution is 9.10. The Morgan fingerprint density at radius 1 is 1.12 bits per heavy atom. The van der Waals surface area contributed by atoms with Crippen molar-refractivity contribution in [2.45, 2.75) is 13.1 Å². The molecule has 0 aromatic heterocycles. The quantitative estimate of drug-likeness (QED) is 0.730. The number of halogens is 1. The van der Waals surface area contributed by atoms with Crippen molar-refractivity contribution in [2.75, 3.05) is 27.8 Å². The molecule has 0 unspecified atom stereocenters. The number of ether oxygens (including phenoxy) is 2. The zero-order valence-electron chi connectivity index (χ0n) is 14.7. The smallest absolute Gasteiger partial charge is 0.234 e. The van der Waals surface area contributed by atoms with Crippen molar-refractivity contribution in [3.8, 4) is 11.5 Å². The van der Waals surface area contributed by atoms with E-state index in [-0.39, 0.29) is 5.91 Å². The van der Waals surface area contributed by atoms with Crippen molar-refractivity contribution >= 4 is 21.8 Å².